The van der Waals surface area contributed by atoms with Crippen LogP contribution >= 0.6 is 11.3 Å². The number of anilines is 1. The Morgan fingerprint density at radius 2 is 1.67 bits per heavy atom. The van der Waals surface area contributed by atoms with Crippen LogP contribution in [-0.4, -0.2) is 33.6 Å². The number of thiazole rings is 1. The number of hydrogen-bond acceptors (Lipinski definition) is 8. The molecule has 0 spiro atoms. The van der Waals surface area contributed by atoms with E-state index in [-0.39, 0.29) is 11.5 Å². The Kier molecular flexibility index (Phi) is 5.86. The predicted octanol–water partition coefficient (Wildman–Crippen LogP) is 4.31. The van der Waals surface area contributed by atoms with Crippen LogP contribution in [0.1, 0.15) is 16.2 Å². The van der Waals surface area contributed by atoms with Crippen LogP contribution in [-0.2, 0) is 0 Å². The molecule has 0 radical (unpaired) electrons. The lowest BCUT2D eigenvalue weighted by Crippen LogP contribution is -2.19. The number of hydrogen-bond donors (Lipinski definition) is 1. The first kappa shape index (κ1) is 19.4. The quantitative estimate of drug-likeness (QED) is 0.275. The van der Waals surface area contributed by atoms with E-state index < -0.39 is 0 Å². The van der Waals surface area contributed by atoms with Crippen molar-refractivity contribution < 1.29 is 9.53 Å². The monoisotopic (exact) mass is 415 g/mol. The van der Waals surface area contributed by atoms with Gasteiger partial charge in [0, 0.05) is 23.3 Å². The highest BCUT2D eigenvalue weighted by Crippen LogP contribution is 2.26. The average Bonchev–Trinajstić information content (AvgIpc) is 3.29. The molecule has 0 saturated heterocycles. The van der Waals surface area contributed by atoms with Gasteiger partial charge in [-0.2, -0.15) is 5.10 Å². The topological polar surface area (TPSA) is 89.4 Å². The van der Waals surface area contributed by atoms with Crippen molar-refractivity contribution in [3.63, 3.8) is 0 Å². The smallest absolute Gasteiger partial charge is 0.233 e. The molecular formula is C22H17N5O2S. The molecule has 1 N–H and O–H groups in total. The number of pyridine rings is 2. The molecule has 0 bridgehead atoms. The van der Waals surface area contributed by atoms with E-state index in [4.69, 9.17) is 4.74 Å². The van der Waals surface area contributed by atoms with Gasteiger partial charge in [-0.05, 0) is 48.5 Å². The molecule has 148 valence electrons. The van der Waals surface area contributed by atoms with E-state index in [9.17, 15) is 4.79 Å². The average molecular weight is 415 g/mol. The second kappa shape index (κ2) is 9.06. The Hall–Kier alpha value is -3.91. The summed E-state index contributed by atoms with van der Waals surface area (Å²) in [4.78, 5) is 25.9. The normalized spacial score (nSPS) is 11.2. The molecule has 3 aromatic heterocycles. The summed E-state index contributed by atoms with van der Waals surface area (Å²) in [6.45, 7) is 0. The van der Waals surface area contributed by atoms with Crippen LogP contribution in [0.4, 0.5) is 5.13 Å². The van der Waals surface area contributed by atoms with E-state index in [1.54, 1.807) is 55.9 Å². The molecule has 0 unspecified atom stereocenters. The molecule has 4 aromatic rings. The van der Waals surface area contributed by atoms with Gasteiger partial charge in [0.1, 0.15) is 11.4 Å². The number of methoxy groups -OCH3 is 1. The standard InChI is InChI=1S/C22H17N5O2S/c1-29-16-10-8-15(9-11-16)19-14-30-22(25-19)27-26-20(17-6-2-4-12-23-17)21(28)18-7-3-5-13-24-18/h2-14H,1H3,(H,25,27)/b26-20-. The van der Waals surface area contributed by atoms with Gasteiger partial charge in [0.15, 0.2) is 5.71 Å². The summed E-state index contributed by atoms with van der Waals surface area (Å²) < 4.78 is 5.19. The predicted molar refractivity (Wildman–Crippen MR) is 117 cm³/mol. The maximum Gasteiger partial charge on any atom is 0.233 e. The van der Waals surface area contributed by atoms with Crippen molar-refractivity contribution in [2.75, 3.05) is 12.5 Å². The molecule has 0 saturated carbocycles. The maximum absolute atomic E-state index is 13.0. The lowest BCUT2D eigenvalue weighted by Gasteiger charge is -2.05. The van der Waals surface area contributed by atoms with Gasteiger partial charge in [0.25, 0.3) is 0 Å². The number of Topliss-reactive ketones (excluding diaryl/α,β-unsaturated/α-hetero) is 1. The first-order valence-corrected chi connectivity index (χ1v) is 9.93. The van der Waals surface area contributed by atoms with Crippen LogP contribution < -0.4 is 10.2 Å². The SMILES string of the molecule is COc1ccc(-c2csc(N/N=C(\C(=O)c3ccccn3)c3ccccn3)n2)cc1. The summed E-state index contributed by atoms with van der Waals surface area (Å²) in [6.07, 6.45) is 3.18. The highest BCUT2D eigenvalue weighted by molar-refractivity contribution is 7.14. The molecule has 0 amide bonds. The zero-order chi connectivity index (χ0) is 20.8. The number of nitrogens with one attached hydrogen (secondary N) is 1. The van der Waals surface area contributed by atoms with Gasteiger partial charge in [0.2, 0.25) is 10.9 Å². The van der Waals surface area contributed by atoms with Crippen LogP contribution in [0.25, 0.3) is 11.3 Å². The number of ether oxygens (including phenoxy) is 1. The molecule has 0 aliphatic heterocycles. The Balaban J connectivity index is 1.60. The van der Waals surface area contributed by atoms with Crippen molar-refractivity contribution in [1.82, 2.24) is 15.0 Å². The molecule has 8 heteroatoms. The molecule has 4 rings (SSSR count). The number of rotatable bonds is 7. The first-order valence-electron chi connectivity index (χ1n) is 9.05. The van der Waals surface area contributed by atoms with E-state index in [0.29, 0.717) is 16.5 Å². The molecule has 0 fully saturated rings. The minimum absolute atomic E-state index is 0.162. The summed E-state index contributed by atoms with van der Waals surface area (Å²) in [7, 11) is 1.63. The van der Waals surface area contributed by atoms with Gasteiger partial charge >= 0.3 is 0 Å². The van der Waals surface area contributed by atoms with Crippen LogP contribution in [0, 0.1) is 0 Å². The van der Waals surface area contributed by atoms with E-state index in [0.717, 1.165) is 17.0 Å². The third-order valence-electron chi connectivity index (χ3n) is 4.17. The Morgan fingerprint density at radius 1 is 0.967 bits per heavy atom. The fourth-order valence-electron chi connectivity index (χ4n) is 2.67. The number of ketones is 1. The van der Waals surface area contributed by atoms with Crippen molar-refractivity contribution in [2.24, 2.45) is 5.10 Å². The maximum atomic E-state index is 13.0. The van der Waals surface area contributed by atoms with Crippen LogP contribution in [0.5, 0.6) is 5.75 Å². The lowest BCUT2D eigenvalue weighted by atomic mass is 10.1. The first-order chi connectivity index (χ1) is 14.7. The van der Waals surface area contributed by atoms with Crippen molar-refractivity contribution in [1.29, 1.82) is 0 Å². The molecule has 3 heterocycles. The number of carbonyl (C=O) groups is 1. The largest absolute Gasteiger partial charge is 0.497 e. The number of aromatic nitrogens is 3. The van der Waals surface area contributed by atoms with E-state index >= 15 is 0 Å². The molecular weight excluding hydrogens is 398 g/mol. The van der Waals surface area contributed by atoms with Crippen molar-refractivity contribution in [3.05, 3.63) is 89.8 Å². The highest BCUT2D eigenvalue weighted by Gasteiger charge is 2.19. The summed E-state index contributed by atoms with van der Waals surface area (Å²) in [5.41, 5.74) is 5.55. The van der Waals surface area contributed by atoms with Gasteiger partial charge in [0.05, 0.1) is 18.5 Å². The van der Waals surface area contributed by atoms with Gasteiger partial charge < -0.3 is 4.74 Å². The summed E-state index contributed by atoms with van der Waals surface area (Å²) in [5, 5.41) is 6.79. The second-order valence-electron chi connectivity index (χ2n) is 6.10. The minimum Gasteiger partial charge on any atom is -0.497 e. The number of carbonyl (C=O) groups excluding carboxylic acids is 1. The number of nitrogens with zero attached hydrogens (tertiary/aromatic N) is 4. The van der Waals surface area contributed by atoms with E-state index in [2.05, 4.69) is 25.5 Å². The number of benzene rings is 1. The summed E-state index contributed by atoms with van der Waals surface area (Å²) in [6, 6.07) is 18.1. The van der Waals surface area contributed by atoms with Crippen molar-refractivity contribution >= 4 is 28.0 Å². The molecule has 30 heavy (non-hydrogen) atoms. The molecule has 0 aliphatic carbocycles. The summed E-state index contributed by atoms with van der Waals surface area (Å²) in [5.74, 6) is 0.457. The van der Waals surface area contributed by atoms with Crippen LogP contribution in [0.15, 0.2) is 83.5 Å². The Morgan fingerprint density at radius 3 is 2.30 bits per heavy atom. The molecule has 0 aliphatic rings. The lowest BCUT2D eigenvalue weighted by molar-refractivity contribution is 0.106. The summed E-state index contributed by atoms with van der Waals surface area (Å²) >= 11 is 1.39. The minimum atomic E-state index is -0.325. The Bertz CT molecular complexity index is 1160. The number of hydrazone groups is 1. The molecule has 1 aromatic carbocycles. The molecule has 7 nitrogen and oxygen atoms in total. The van der Waals surface area contributed by atoms with Gasteiger partial charge in [-0.3, -0.25) is 20.2 Å². The molecule has 0 atom stereocenters. The zero-order valence-corrected chi connectivity index (χ0v) is 16.8. The van der Waals surface area contributed by atoms with E-state index in [1.807, 2.05) is 29.6 Å². The fraction of sp³-hybridized carbons (Fsp3) is 0.0455. The Labute approximate surface area is 177 Å². The van der Waals surface area contributed by atoms with Crippen LogP contribution in [0.2, 0.25) is 0 Å². The van der Waals surface area contributed by atoms with E-state index in [1.165, 1.54) is 11.3 Å². The fourth-order valence-corrected chi connectivity index (χ4v) is 3.33. The van der Waals surface area contributed by atoms with Crippen molar-refractivity contribution in [3.8, 4) is 17.0 Å². The third kappa shape index (κ3) is 4.39. The van der Waals surface area contributed by atoms with Gasteiger partial charge in [-0.15, -0.1) is 11.3 Å². The van der Waals surface area contributed by atoms with Gasteiger partial charge in [-0.1, -0.05) is 12.1 Å². The zero-order valence-electron chi connectivity index (χ0n) is 16.0. The van der Waals surface area contributed by atoms with Crippen LogP contribution in [0.3, 0.4) is 0 Å². The van der Waals surface area contributed by atoms with Gasteiger partial charge in [-0.25, -0.2) is 4.98 Å². The third-order valence-corrected chi connectivity index (χ3v) is 4.92. The highest BCUT2D eigenvalue weighted by atomic mass is 32.1. The van der Waals surface area contributed by atoms with Crippen molar-refractivity contribution in [2.45, 2.75) is 0 Å². The second-order valence-corrected chi connectivity index (χ2v) is 6.96.